The lowest BCUT2D eigenvalue weighted by molar-refractivity contribution is -0.148. The second-order valence-corrected chi connectivity index (χ2v) is 13.7. The fraction of sp³-hybridized carbons (Fsp3) is 0.516. The van der Waals surface area contributed by atoms with E-state index < -0.39 is 95.1 Å². The van der Waals surface area contributed by atoms with E-state index in [4.69, 9.17) is 14.0 Å². The Morgan fingerprint density at radius 3 is 2.18 bits per heavy atom. The van der Waals surface area contributed by atoms with Gasteiger partial charge in [-0.3, -0.25) is 43.0 Å². The fourth-order valence-corrected chi connectivity index (χ4v) is 5.27. The number of nitrogens with one attached hydrogen (secondary N) is 3. The van der Waals surface area contributed by atoms with Gasteiger partial charge in [-0.15, -0.1) is 0 Å². The van der Waals surface area contributed by atoms with Gasteiger partial charge in [0.25, 0.3) is 21.9 Å². The molecule has 0 aromatic heterocycles. The molecule has 0 spiro atoms. The minimum atomic E-state index is -4.32. The van der Waals surface area contributed by atoms with Crippen molar-refractivity contribution in [3.63, 3.8) is 0 Å². The summed E-state index contributed by atoms with van der Waals surface area (Å²) in [6.07, 6.45) is 1.92. The zero-order chi connectivity index (χ0) is 36.5. The first kappa shape index (κ1) is 38.8. The van der Waals surface area contributed by atoms with Gasteiger partial charge in [-0.25, -0.2) is 0 Å². The first-order valence-electron chi connectivity index (χ1n) is 15.5. The van der Waals surface area contributed by atoms with Gasteiger partial charge in [0.15, 0.2) is 0 Å². The van der Waals surface area contributed by atoms with Gasteiger partial charge in [0.05, 0.1) is 44.0 Å². The second kappa shape index (κ2) is 17.1. The van der Waals surface area contributed by atoms with Crippen molar-refractivity contribution in [2.45, 2.75) is 58.8 Å². The number of likely N-dealkylation sites (tertiary alicyclic amines) is 1. The van der Waals surface area contributed by atoms with E-state index in [9.17, 15) is 42.0 Å². The monoisotopic (exact) mass is 707 g/mol. The summed E-state index contributed by atoms with van der Waals surface area (Å²) in [4.78, 5) is 90.0. The molecule has 1 aromatic carbocycles. The average molecular weight is 708 g/mol. The standard InChI is InChI=1S/C31H41N5O12S/c1-18(2)28(29(41)32-14-24(37)33-21-7-5-20(6-8-21)16-48-31(43)19(3)4)34-25(38)15-35-22(17-47-11-12-49(44,45)46)13-23(30(35)42)36-26(39)9-10-27(36)40/h5-10,18-19,22-23,28H,11-17H2,1-4H3,(H,32,41)(H,33,37)(H,34,38)(H,44,45,46). The molecule has 3 unspecified atom stereocenters. The summed E-state index contributed by atoms with van der Waals surface area (Å²) in [5, 5.41) is 7.66. The number of carbonyl (C=O) groups excluding carboxylic acids is 7. The van der Waals surface area contributed by atoms with Gasteiger partial charge in [-0.1, -0.05) is 39.8 Å². The van der Waals surface area contributed by atoms with Gasteiger partial charge < -0.3 is 30.3 Å². The van der Waals surface area contributed by atoms with E-state index in [-0.39, 0.29) is 31.5 Å². The van der Waals surface area contributed by atoms with Gasteiger partial charge in [-0.2, -0.15) is 8.42 Å². The van der Waals surface area contributed by atoms with Crippen LogP contribution in [0.2, 0.25) is 0 Å². The molecule has 2 heterocycles. The number of rotatable bonds is 17. The van der Waals surface area contributed by atoms with E-state index in [0.29, 0.717) is 11.3 Å². The van der Waals surface area contributed by atoms with E-state index in [1.54, 1.807) is 52.0 Å². The van der Waals surface area contributed by atoms with Crippen LogP contribution in [0.25, 0.3) is 0 Å². The lowest BCUT2D eigenvalue weighted by atomic mass is 10.0. The number of imide groups is 1. The van der Waals surface area contributed by atoms with E-state index in [1.807, 2.05) is 0 Å². The highest BCUT2D eigenvalue weighted by Crippen LogP contribution is 2.26. The molecule has 18 heteroatoms. The predicted molar refractivity (Wildman–Crippen MR) is 172 cm³/mol. The highest BCUT2D eigenvalue weighted by Gasteiger charge is 2.47. The largest absolute Gasteiger partial charge is 0.461 e. The first-order valence-corrected chi connectivity index (χ1v) is 17.1. The Hall–Kier alpha value is -4.68. The number of benzene rings is 1. The first-order chi connectivity index (χ1) is 23.0. The minimum Gasteiger partial charge on any atom is -0.461 e. The lowest BCUT2D eigenvalue weighted by Crippen LogP contribution is -2.54. The summed E-state index contributed by atoms with van der Waals surface area (Å²) in [5.74, 6) is -5.87. The van der Waals surface area contributed by atoms with Gasteiger partial charge in [-0.05, 0) is 23.6 Å². The third kappa shape index (κ3) is 11.5. The molecule has 17 nitrogen and oxygen atoms in total. The SMILES string of the molecule is CC(C)C(=O)OCc1ccc(NC(=O)CNC(=O)C(NC(=O)CN2C(=O)C(N3C(=O)C=CC3=O)CC2COCCS(=O)(=O)O)C(C)C)cc1. The maximum atomic E-state index is 13.3. The number of esters is 1. The molecule has 0 aliphatic carbocycles. The third-order valence-corrected chi connectivity index (χ3v) is 8.23. The van der Waals surface area contributed by atoms with Crippen molar-refractivity contribution < 1.29 is 56.0 Å². The van der Waals surface area contributed by atoms with Gasteiger partial charge in [0.2, 0.25) is 23.6 Å². The highest BCUT2D eigenvalue weighted by molar-refractivity contribution is 7.85. The van der Waals surface area contributed by atoms with Crippen molar-refractivity contribution in [3.05, 3.63) is 42.0 Å². The summed E-state index contributed by atoms with van der Waals surface area (Å²) in [7, 11) is -4.32. The molecule has 3 atom stereocenters. The van der Waals surface area contributed by atoms with Crippen molar-refractivity contribution in [2.75, 3.05) is 37.4 Å². The number of ether oxygens (including phenoxy) is 2. The molecule has 268 valence electrons. The van der Waals surface area contributed by atoms with E-state index in [0.717, 1.165) is 22.0 Å². The van der Waals surface area contributed by atoms with Crippen LogP contribution in [0.1, 0.15) is 39.7 Å². The van der Waals surface area contributed by atoms with Crippen LogP contribution in [0.15, 0.2) is 36.4 Å². The van der Waals surface area contributed by atoms with Crippen LogP contribution in [-0.4, -0.2) is 114 Å². The van der Waals surface area contributed by atoms with Crippen LogP contribution in [0.3, 0.4) is 0 Å². The number of nitrogens with zero attached hydrogens (tertiary/aromatic N) is 2. The normalized spacial score (nSPS) is 18.3. The van der Waals surface area contributed by atoms with Crippen LogP contribution in [0.4, 0.5) is 5.69 Å². The van der Waals surface area contributed by atoms with Crippen molar-refractivity contribution >= 4 is 57.2 Å². The predicted octanol–water partition coefficient (Wildman–Crippen LogP) is -0.620. The number of carbonyl (C=O) groups is 7. The molecule has 2 aliphatic rings. The Kier molecular flexibility index (Phi) is 13.5. The van der Waals surface area contributed by atoms with Crippen molar-refractivity contribution in [3.8, 4) is 0 Å². The molecule has 3 rings (SSSR count). The Bertz CT molecular complexity index is 1560. The zero-order valence-corrected chi connectivity index (χ0v) is 28.4. The van der Waals surface area contributed by atoms with Crippen molar-refractivity contribution in [2.24, 2.45) is 11.8 Å². The number of amides is 6. The van der Waals surface area contributed by atoms with Crippen LogP contribution in [0.5, 0.6) is 0 Å². The Balaban J connectivity index is 1.57. The van der Waals surface area contributed by atoms with Crippen LogP contribution in [-0.2, 0) is 59.8 Å². The molecule has 1 aromatic rings. The van der Waals surface area contributed by atoms with E-state index >= 15 is 0 Å². The lowest BCUT2D eigenvalue weighted by Gasteiger charge is -2.27. The van der Waals surface area contributed by atoms with E-state index in [1.165, 1.54) is 0 Å². The van der Waals surface area contributed by atoms with Gasteiger partial charge in [0.1, 0.15) is 18.7 Å². The van der Waals surface area contributed by atoms with Crippen LogP contribution >= 0.6 is 0 Å². The molecular weight excluding hydrogens is 666 g/mol. The Morgan fingerprint density at radius 2 is 1.61 bits per heavy atom. The quantitative estimate of drug-likeness (QED) is 0.0687. The zero-order valence-electron chi connectivity index (χ0n) is 27.5. The molecule has 0 radical (unpaired) electrons. The molecule has 2 aliphatic heterocycles. The number of anilines is 1. The maximum absolute atomic E-state index is 13.3. The van der Waals surface area contributed by atoms with Crippen LogP contribution < -0.4 is 16.0 Å². The Morgan fingerprint density at radius 1 is 0.980 bits per heavy atom. The molecule has 0 bridgehead atoms. The molecular formula is C31H41N5O12S. The Labute approximate surface area is 283 Å². The summed E-state index contributed by atoms with van der Waals surface area (Å²) in [6.45, 7) is 5.14. The molecule has 49 heavy (non-hydrogen) atoms. The molecule has 1 saturated heterocycles. The van der Waals surface area contributed by atoms with Crippen molar-refractivity contribution in [1.29, 1.82) is 0 Å². The highest BCUT2D eigenvalue weighted by atomic mass is 32.2. The summed E-state index contributed by atoms with van der Waals surface area (Å²) in [6, 6.07) is 3.36. The molecule has 1 fully saturated rings. The van der Waals surface area contributed by atoms with Gasteiger partial charge in [0, 0.05) is 24.3 Å². The minimum absolute atomic E-state index is 0.0802. The topological polar surface area (TPSA) is 235 Å². The van der Waals surface area contributed by atoms with Crippen molar-refractivity contribution in [1.82, 2.24) is 20.4 Å². The van der Waals surface area contributed by atoms with Crippen LogP contribution in [0, 0.1) is 11.8 Å². The molecule has 6 amide bonds. The molecule has 0 saturated carbocycles. The summed E-state index contributed by atoms with van der Waals surface area (Å²) < 4.78 is 41.5. The van der Waals surface area contributed by atoms with E-state index in [2.05, 4.69) is 16.0 Å². The fourth-order valence-electron chi connectivity index (χ4n) is 4.94. The number of hydrogen-bond donors (Lipinski definition) is 4. The summed E-state index contributed by atoms with van der Waals surface area (Å²) >= 11 is 0. The second-order valence-electron chi connectivity index (χ2n) is 12.1. The summed E-state index contributed by atoms with van der Waals surface area (Å²) in [5.41, 5.74) is 1.15. The third-order valence-electron chi connectivity index (χ3n) is 7.55. The average Bonchev–Trinajstić information content (AvgIpc) is 3.51. The smallest absolute Gasteiger partial charge is 0.308 e. The molecule has 4 N–H and O–H groups in total. The maximum Gasteiger partial charge on any atom is 0.308 e. The number of hydrogen-bond acceptors (Lipinski definition) is 11. The van der Waals surface area contributed by atoms with Gasteiger partial charge >= 0.3 is 5.97 Å².